The van der Waals surface area contributed by atoms with Crippen LogP contribution in [0.25, 0.3) is 22.3 Å². The maximum Gasteiger partial charge on any atom is 0.235 e. The van der Waals surface area contributed by atoms with Gasteiger partial charge < -0.3 is 0 Å². The number of benzene rings is 2. The lowest BCUT2D eigenvalue weighted by Gasteiger charge is -2.22. The fourth-order valence-corrected chi connectivity index (χ4v) is 1.84. The van der Waals surface area contributed by atoms with Crippen LogP contribution < -0.4 is 24.0 Å². The van der Waals surface area contributed by atoms with E-state index in [2.05, 4.69) is 48.5 Å². The van der Waals surface area contributed by atoms with Crippen molar-refractivity contribution in [3.63, 3.8) is 0 Å². The molecule has 0 aliphatic heterocycles. The molecule has 2 aromatic rings. The molecule has 0 nitrogen and oxygen atoms in total. The quantitative estimate of drug-likeness (QED) is 0.501. The Kier molecular flexibility index (Phi) is 2.12. The third-order valence-corrected chi connectivity index (χ3v) is 2.43. The summed E-state index contributed by atoms with van der Waals surface area (Å²) in [6.07, 6.45) is 0. The zero-order valence-corrected chi connectivity index (χ0v) is 9.62. The molecule has 0 aromatic heterocycles. The van der Waals surface area contributed by atoms with Crippen LogP contribution in [0.15, 0.2) is 48.5 Å². The number of halogens is 1. The highest BCUT2D eigenvalue weighted by atomic mass is 127. The molecule has 0 heterocycles. The van der Waals surface area contributed by atoms with Crippen molar-refractivity contribution < 1.29 is 24.0 Å². The van der Waals surface area contributed by atoms with Gasteiger partial charge in [0, 0.05) is 0 Å². The third kappa shape index (κ3) is 1.10. The van der Waals surface area contributed by atoms with Crippen LogP contribution in [0, 0.1) is 0 Å². The van der Waals surface area contributed by atoms with E-state index in [1.165, 1.54) is 22.3 Å². The lowest BCUT2D eigenvalue weighted by molar-refractivity contribution is -0.00000222. The lowest BCUT2D eigenvalue weighted by atomic mass is 9.81. The van der Waals surface area contributed by atoms with Gasteiger partial charge in [0.2, 0.25) is 24.0 Å². The molecule has 0 atom stereocenters. The van der Waals surface area contributed by atoms with Crippen LogP contribution in [-0.2, 0) is 0 Å². The van der Waals surface area contributed by atoms with Gasteiger partial charge in [-0.2, -0.15) is 0 Å². The predicted octanol–water partition coefficient (Wildman–Crippen LogP) is -0.197. The monoisotopic (exact) mass is 281 g/mol. The Morgan fingerprint density at radius 2 is 0.692 bits per heavy atom. The maximum atomic E-state index is 2.18. The van der Waals surface area contributed by atoms with E-state index in [0.717, 1.165) is 0 Å². The molecule has 0 fully saturated rings. The van der Waals surface area contributed by atoms with Gasteiger partial charge in [-0.1, -0.05) is 48.5 Å². The van der Waals surface area contributed by atoms with Gasteiger partial charge in [0.1, 0.15) is 0 Å². The van der Waals surface area contributed by atoms with Crippen LogP contribution in [0.3, 0.4) is 0 Å². The fraction of sp³-hybridized carbons (Fsp3) is 0. The normalized spacial score (nSPS) is 10.5. The molecule has 3 rings (SSSR count). The van der Waals surface area contributed by atoms with Gasteiger partial charge in [-0.3, -0.25) is 0 Å². The van der Waals surface area contributed by atoms with E-state index in [1.807, 2.05) is 0 Å². The number of hydrogen-bond donors (Lipinski definition) is 0. The van der Waals surface area contributed by atoms with Crippen molar-refractivity contribution in [3.05, 3.63) is 48.5 Å². The minimum Gasteiger partial charge on any atom is -0.0616 e. The third-order valence-electron chi connectivity index (χ3n) is 2.43. The molecule has 0 unspecified atom stereocenters. The standard InChI is InChI=1S/C12H8.H2I/c1-2-6-10-9(5-1)11-7-3-4-8-12(10)11;/h1-8H;1H2/q;+1. The molecule has 0 saturated heterocycles. The second-order valence-electron chi connectivity index (χ2n) is 3.09. The van der Waals surface area contributed by atoms with Crippen molar-refractivity contribution >= 4 is 0 Å². The van der Waals surface area contributed by atoms with Gasteiger partial charge in [-0.05, 0) is 22.3 Å². The van der Waals surface area contributed by atoms with Crippen LogP contribution in [-0.4, -0.2) is 0 Å². The molecular formula is C12H10I+. The van der Waals surface area contributed by atoms with Gasteiger partial charge >= 0.3 is 0 Å². The summed E-state index contributed by atoms with van der Waals surface area (Å²) in [5.74, 6) is 0. The van der Waals surface area contributed by atoms with E-state index in [4.69, 9.17) is 0 Å². The first-order chi connectivity index (χ1) is 5.97. The minimum absolute atomic E-state index is 0. The second kappa shape index (κ2) is 3.14. The Labute approximate surface area is 94.6 Å². The first-order valence-corrected chi connectivity index (χ1v) is 4.15. The maximum absolute atomic E-state index is 2.18. The molecule has 1 heteroatoms. The van der Waals surface area contributed by atoms with Crippen LogP contribution in [0.5, 0.6) is 0 Å². The highest BCUT2D eigenvalue weighted by molar-refractivity contribution is 6.01. The summed E-state index contributed by atoms with van der Waals surface area (Å²) in [6, 6.07) is 17.1. The van der Waals surface area contributed by atoms with Gasteiger partial charge in [0.25, 0.3) is 0 Å². The summed E-state index contributed by atoms with van der Waals surface area (Å²) in [7, 11) is 0. The van der Waals surface area contributed by atoms with Crippen molar-refractivity contribution in [2.24, 2.45) is 0 Å². The van der Waals surface area contributed by atoms with Crippen molar-refractivity contribution in [1.29, 1.82) is 0 Å². The van der Waals surface area contributed by atoms with Crippen molar-refractivity contribution in [1.82, 2.24) is 0 Å². The van der Waals surface area contributed by atoms with E-state index in [1.54, 1.807) is 0 Å². The Morgan fingerprint density at radius 1 is 0.462 bits per heavy atom. The summed E-state index contributed by atoms with van der Waals surface area (Å²) >= 11 is 0. The van der Waals surface area contributed by atoms with E-state index < -0.39 is 0 Å². The van der Waals surface area contributed by atoms with Crippen LogP contribution in [0.1, 0.15) is 0 Å². The summed E-state index contributed by atoms with van der Waals surface area (Å²) in [6.45, 7) is 0. The van der Waals surface area contributed by atoms with E-state index in [0.29, 0.717) is 0 Å². The first kappa shape index (κ1) is 8.75. The Hall–Kier alpha value is -0.830. The zero-order chi connectivity index (χ0) is 7.97. The SMILES string of the molecule is [IH2+].c1ccc2c(c1)-c1ccccc1-2. The van der Waals surface area contributed by atoms with E-state index in [9.17, 15) is 0 Å². The molecule has 0 saturated carbocycles. The molecule has 1 aliphatic carbocycles. The topological polar surface area (TPSA) is 0 Å². The van der Waals surface area contributed by atoms with E-state index in [-0.39, 0.29) is 24.0 Å². The molecule has 0 spiro atoms. The fourth-order valence-electron chi connectivity index (χ4n) is 1.84. The van der Waals surface area contributed by atoms with E-state index >= 15 is 0 Å². The number of fused-ring (bicyclic) bond motifs is 4. The average Bonchev–Trinajstić information content (AvgIpc) is 2.14. The van der Waals surface area contributed by atoms with Crippen molar-refractivity contribution in [2.45, 2.75) is 0 Å². The predicted molar refractivity (Wildman–Crippen MR) is 53.7 cm³/mol. The van der Waals surface area contributed by atoms with Gasteiger partial charge in [-0.25, -0.2) is 0 Å². The molecule has 64 valence electrons. The van der Waals surface area contributed by atoms with Crippen LogP contribution >= 0.6 is 0 Å². The molecule has 2 aromatic carbocycles. The molecule has 0 radical (unpaired) electrons. The molecule has 1 aliphatic rings. The van der Waals surface area contributed by atoms with Crippen LogP contribution in [0.2, 0.25) is 0 Å². The summed E-state index contributed by atoms with van der Waals surface area (Å²) in [4.78, 5) is 0. The minimum atomic E-state index is 0. The Balaban J connectivity index is 0.000000653. The molecule has 0 amide bonds. The van der Waals surface area contributed by atoms with Crippen molar-refractivity contribution in [2.75, 3.05) is 0 Å². The molecular weight excluding hydrogens is 271 g/mol. The summed E-state index contributed by atoms with van der Waals surface area (Å²) < 4.78 is 0. The molecule has 13 heavy (non-hydrogen) atoms. The highest BCUT2D eigenvalue weighted by Gasteiger charge is 2.19. The summed E-state index contributed by atoms with van der Waals surface area (Å²) in [5, 5.41) is 0. The molecule has 0 N–H and O–H groups in total. The lowest BCUT2D eigenvalue weighted by Crippen LogP contribution is -3.00. The second-order valence-corrected chi connectivity index (χ2v) is 3.09. The van der Waals surface area contributed by atoms with Gasteiger partial charge in [0.05, 0.1) is 0 Å². The average molecular weight is 281 g/mol. The smallest absolute Gasteiger partial charge is 0.0616 e. The Morgan fingerprint density at radius 3 is 0.923 bits per heavy atom. The largest absolute Gasteiger partial charge is 0.235 e. The van der Waals surface area contributed by atoms with Crippen LogP contribution in [0.4, 0.5) is 0 Å². The first-order valence-electron chi connectivity index (χ1n) is 4.15. The highest BCUT2D eigenvalue weighted by Crippen LogP contribution is 2.46. The number of rotatable bonds is 0. The van der Waals surface area contributed by atoms with Gasteiger partial charge in [-0.15, -0.1) is 0 Å². The zero-order valence-electron chi connectivity index (χ0n) is 7.07. The number of hydrogen-bond acceptors (Lipinski definition) is 0. The Bertz CT molecular complexity index is 346. The summed E-state index contributed by atoms with van der Waals surface area (Å²) in [5.41, 5.74) is 5.59. The van der Waals surface area contributed by atoms with Crippen molar-refractivity contribution in [3.8, 4) is 22.3 Å². The molecule has 0 bridgehead atoms. The van der Waals surface area contributed by atoms with Gasteiger partial charge in [0.15, 0.2) is 0 Å².